The molecule has 0 saturated heterocycles. The van der Waals surface area contributed by atoms with Gasteiger partial charge in [0, 0.05) is 10.7 Å². The van der Waals surface area contributed by atoms with Gasteiger partial charge in [-0.2, -0.15) is 0 Å². The molecule has 0 bridgehead atoms. The predicted molar refractivity (Wildman–Crippen MR) is 122 cm³/mol. The lowest BCUT2D eigenvalue weighted by Crippen LogP contribution is -2.32. The molecule has 1 heterocycles. The van der Waals surface area contributed by atoms with Crippen LogP contribution in [0.15, 0.2) is 72.4 Å². The third kappa shape index (κ3) is 3.51. The van der Waals surface area contributed by atoms with Gasteiger partial charge in [-0.3, -0.25) is 9.59 Å². The van der Waals surface area contributed by atoms with Gasteiger partial charge < -0.3 is 5.32 Å². The lowest BCUT2D eigenvalue weighted by Gasteiger charge is -2.17. The zero-order valence-corrected chi connectivity index (χ0v) is 17.7. The Kier molecular flexibility index (Phi) is 5.18. The summed E-state index contributed by atoms with van der Waals surface area (Å²) in [5.41, 5.74) is 5.56. The summed E-state index contributed by atoms with van der Waals surface area (Å²) in [5.74, 6) is -0.738. The molecule has 0 unspecified atom stereocenters. The third-order valence-corrected chi connectivity index (χ3v) is 5.59. The number of carbonyl (C=O) groups excluding carboxylic acids is 2. The van der Waals surface area contributed by atoms with E-state index in [1.165, 1.54) is 4.90 Å². The second-order valence-electron chi connectivity index (χ2n) is 7.41. The standard InChI is InChI=1S/C25H21ClN2O2/c1-15-10-12-20(13-17(15)3)28-24(29)22(18-7-5-4-6-8-18)23(25(28)30)27-21-14-19(26)11-9-16(21)2/h4-14,27H,1-3H3. The van der Waals surface area contributed by atoms with Crippen LogP contribution in [0.4, 0.5) is 11.4 Å². The average molecular weight is 417 g/mol. The van der Waals surface area contributed by atoms with Gasteiger partial charge in [-0.1, -0.05) is 54.1 Å². The van der Waals surface area contributed by atoms with E-state index >= 15 is 0 Å². The summed E-state index contributed by atoms with van der Waals surface area (Å²) in [6, 6.07) is 20.2. The zero-order chi connectivity index (χ0) is 21.4. The van der Waals surface area contributed by atoms with E-state index in [1.807, 2.05) is 69.3 Å². The number of nitrogens with zero attached hydrogens (tertiary/aromatic N) is 1. The number of halogens is 1. The van der Waals surface area contributed by atoms with Crippen LogP contribution in [0.25, 0.3) is 5.57 Å². The van der Waals surface area contributed by atoms with Crippen LogP contribution in [0, 0.1) is 20.8 Å². The van der Waals surface area contributed by atoms with E-state index in [2.05, 4.69) is 5.32 Å². The Balaban J connectivity index is 1.84. The van der Waals surface area contributed by atoms with Gasteiger partial charge in [0.2, 0.25) is 0 Å². The normalized spacial score (nSPS) is 13.9. The zero-order valence-electron chi connectivity index (χ0n) is 17.0. The van der Waals surface area contributed by atoms with E-state index < -0.39 is 0 Å². The Labute approximate surface area is 180 Å². The van der Waals surface area contributed by atoms with Gasteiger partial charge in [0.25, 0.3) is 11.8 Å². The van der Waals surface area contributed by atoms with Crippen molar-refractivity contribution in [1.82, 2.24) is 0 Å². The Morgan fingerprint density at radius 3 is 2.17 bits per heavy atom. The topological polar surface area (TPSA) is 49.4 Å². The maximum absolute atomic E-state index is 13.4. The van der Waals surface area contributed by atoms with Crippen molar-refractivity contribution in [1.29, 1.82) is 0 Å². The molecule has 30 heavy (non-hydrogen) atoms. The van der Waals surface area contributed by atoms with E-state index in [1.54, 1.807) is 18.2 Å². The van der Waals surface area contributed by atoms with Crippen molar-refractivity contribution in [2.75, 3.05) is 10.2 Å². The maximum Gasteiger partial charge on any atom is 0.282 e. The van der Waals surface area contributed by atoms with Gasteiger partial charge in [-0.15, -0.1) is 0 Å². The molecule has 0 aromatic heterocycles. The monoisotopic (exact) mass is 416 g/mol. The lowest BCUT2D eigenvalue weighted by molar-refractivity contribution is -0.120. The fourth-order valence-electron chi connectivity index (χ4n) is 3.48. The quantitative estimate of drug-likeness (QED) is 0.558. The molecule has 0 fully saturated rings. The molecule has 2 amide bonds. The molecule has 1 N–H and O–H groups in total. The van der Waals surface area contributed by atoms with E-state index in [-0.39, 0.29) is 17.5 Å². The van der Waals surface area contributed by atoms with Crippen molar-refractivity contribution < 1.29 is 9.59 Å². The summed E-state index contributed by atoms with van der Waals surface area (Å²) in [6.45, 7) is 5.88. The van der Waals surface area contributed by atoms with Gasteiger partial charge in [0.05, 0.1) is 11.3 Å². The minimum absolute atomic E-state index is 0.245. The van der Waals surface area contributed by atoms with Crippen LogP contribution in [0.3, 0.4) is 0 Å². The molecule has 4 rings (SSSR count). The van der Waals surface area contributed by atoms with Gasteiger partial charge in [0.1, 0.15) is 5.70 Å². The largest absolute Gasteiger partial charge is 0.350 e. The number of amides is 2. The molecule has 5 heteroatoms. The van der Waals surface area contributed by atoms with Crippen LogP contribution in [-0.2, 0) is 9.59 Å². The van der Waals surface area contributed by atoms with Crippen molar-refractivity contribution >= 4 is 40.4 Å². The first kappa shape index (κ1) is 19.9. The molecule has 3 aromatic carbocycles. The molecule has 1 aliphatic rings. The minimum atomic E-state index is -0.388. The number of rotatable bonds is 4. The van der Waals surface area contributed by atoms with E-state index in [0.717, 1.165) is 16.7 Å². The van der Waals surface area contributed by atoms with Gasteiger partial charge in [-0.05, 0) is 67.3 Å². The van der Waals surface area contributed by atoms with Crippen LogP contribution >= 0.6 is 11.6 Å². The number of hydrogen-bond acceptors (Lipinski definition) is 3. The van der Waals surface area contributed by atoms with Crippen molar-refractivity contribution in [3.63, 3.8) is 0 Å². The molecular formula is C25H21ClN2O2. The van der Waals surface area contributed by atoms with E-state index in [4.69, 9.17) is 11.6 Å². The Hall–Kier alpha value is -3.37. The van der Waals surface area contributed by atoms with Crippen molar-refractivity contribution in [3.8, 4) is 0 Å². The number of benzene rings is 3. The summed E-state index contributed by atoms with van der Waals surface area (Å²) in [4.78, 5) is 28.1. The molecular weight excluding hydrogens is 396 g/mol. The van der Waals surface area contributed by atoms with Gasteiger partial charge in [-0.25, -0.2) is 4.90 Å². The highest BCUT2D eigenvalue weighted by Gasteiger charge is 2.40. The number of anilines is 2. The van der Waals surface area contributed by atoms with E-state index in [0.29, 0.717) is 27.5 Å². The summed E-state index contributed by atoms with van der Waals surface area (Å²) in [7, 11) is 0. The minimum Gasteiger partial charge on any atom is -0.350 e. The SMILES string of the molecule is Cc1ccc(N2C(=O)C(Nc3cc(Cl)ccc3C)=C(c3ccccc3)C2=O)cc1C. The molecule has 0 saturated carbocycles. The highest BCUT2D eigenvalue weighted by atomic mass is 35.5. The van der Waals surface area contributed by atoms with Gasteiger partial charge >= 0.3 is 0 Å². The van der Waals surface area contributed by atoms with E-state index in [9.17, 15) is 9.59 Å². The van der Waals surface area contributed by atoms with Gasteiger partial charge in [0.15, 0.2) is 0 Å². The summed E-state index contributed by atoms with van der Waals surface area (Å²) < 4.78 is 0. The summed E-state index contributed by atoms with van der Waals surface area (Å²) in [6.07, 6.45) is 0. The second kappa shape index (κ2) is 7.81. The van der Waals surface area contributed by atoms with Crippen molar-refractivity contribution in [3.05, 3.63) is 99.7 Å². The molecule has 3 aromatic rings. The fraction of sp³-hybridized carbons (Fsp3) is 0.120. The predicted octanol–water partition coefficient (Wildman–Crippen LogP) is 5.66. The van der Waals surface area contributed by atoms with Crippen LogP contribution in [-0.4, -0.2) is 11.8 Å². The van der Waals surface area contributed by atoms with Crippen LogP contribution < -0.4 is 10.2 Å². The average Bonchev–Trinajstić information content (AvgIpc) is 2.97. The lowest BCUT2D eigenvalue weighted by atomic mass is 10.0. The molecule has 0 aliphatic carbocycles. The smallest absolute Gasteiger partial charge is 0.282 e. The van der Waals surface area contributed by atoms with Crippen molar-refractivity contribution in [2.24, 2.45) is 0 Å². The molecule has 0 spiro atoms. The first-order valence-electron chi connectivity index (χ1n) is 9.65. The highest BCUT2D eigenvalue weighted by molar-refractivity contribution is 6.46. The van der Waals surface area contributed by atoms with Crippen LogP contribution in [0.1, 0.15) is 22.3 Å². The number of carbonyl (C=O) groups is 2. The Morgan fingerprint density at radius 1 is 0.767 bits per heavy atom. The highest BCUT2D eigenvalue weighted by Crippen LogP contribution is 2.35. The second-order valence-corrected chi connectivity index (χ2v) is 7.85. The maximum atomic E-state index is 13.4. The van der Waals surface area contributed by atoms with Crippen LogP contribution in [0.2, 0.25) is 5.02 Å². The third-order valence-electron chi connectivity index (χ3n) is 5.35. The molecule has 150 valence electrons. The Bertz CT molecular complexity index is 1200. The first-order chi connectivity index (χ1) is 14.4. The number of hydrogen-bond donors (Lipinski definition) is 1. The molecule has 1 aliphatic heterocycles. The first-order valence-corrected chi connectivity index (χ1v) is 10.0. The molecule has 0 radical (unpaired) electrons. The Morgan fingerprint density at radius 2 is 1.47 bits per heavy atom. The summed E-state index contributed by atoms with van der Waals surface area (Å²) >= 11 is 6.16. The molecule has 4 nitrogen and oxygen atoms in total. The van der Waals surface area contributed by atoms with Crippen molar-refractivity contribution in [2.45, 2.75) is 20.8 Å². The molecule has 0 atom stereocenters. The summed E-state index contributed by atoms with van der Waals surface area (Å²) in [5, 5.41) is 3.74. The number of nitrogens with one attached hydrogen (secondary N) is 1. The number of imide groups is 1. The number of aryl methyl sites for hydroxylation is 3. The fourth-order valence-corrected chi connectivity index (χ4v) is 3.65. The van der Waals surface area contributed by atoms with Crippen LogP contribution in [0.5, 0.6) is 0 Å².